The number of thiophene rings is 1. The first-order valence-electron chi connectivity index (χ1n) is 7.69. The zero-order valence-electron chi connectivity index (χ0n) is 13.5. The fourth-order valence-corrected chi connectivity index (χ4v) is 3.27. The van der Waals surface area contributed by atoms with Crippen molar-refractivity contribution in [1.29, 1.82) is 0 Å². The molecule has 0 saturated carbocycles. The topological polar surface area (TPSA) is 64.2 Å². The Morgan fingerprint density at radius 3 is 2.96 bits per heavy atom. The van der Waals surface area contributed by atoms with E-state index in [-0.39, 0.29) is 5.91 Å². The van der Waals surface area contributed by atoms with Crippen molar-refractivity contribution in [3.05, 3.63) is 65.9 Å². The van der Waals surface area contributed by atoms with Crippen molar-refractivity contribution in [1.82, 2.24) is 19.2 Å². The van der Waals surface area contributed by atoms with Crippen LogP contribution in [0.15, 0.2) is 60.4 Å². The number of hydrogen-bond donors (Lipinski definition) is 1. The number of anilines is 1. The van der Waals surface area contributed by atoms with Crippen LogP contribution in [0.4, 0.5) is 5.82 Å². The molecule has 0 saturated heterocycles. The second-order valence-electron chi connectivity index (χ2n) is 5.49. The van der Waals surface area contributed by atoms with Crippen molar-refractivity contribution in [2.75, 3.05) is 5.32 Å². The zero-order chi connectivity index (χ0) is 17.2. The van der Waals surface area contributed by atoms with Gasteiger partial charge in [-0.1, -0.05) is 12.1 Å². The third kappa shape index (κ3) is 3.09. The van der Waals surface area contributed by atoms with Crippen LogP contribution in [0.2, 0.25) is 0 Å². The lowest BCUT2D eigenvalue weighted by Crippen LogP contribution is -2.10. The first kappa shape index (κ1) is 15.3. The van der Waals surface area contributed by atoms with E-state index in [2.05, 4.69) is 15.4 Å². The number of pyridine rings is 1. The summed E-state index contributed by atoms with van der Waals surface area (Å²) in [5, 5.41) is 9.03. The van der Waals surface area contributed by atoms with Crippen molar-refractivity contribution < 1.29 is 4.79 Å². The van der Waals surface area contributed by atoms with Crippen LogP contribution in [0, 0.1) is 0 Å². The third-order valence-corrected chi connectivity index (χ3v) is 4.55. The fourth-order valence-electron chi connectivity index (χ4n) is 2.56. The largest absolute Gasteiger partial charge is 0.306 e. The Bertz CT molecular complexity index is 1060. The van der Waals surface area contributed by atoms with Crippen molar-refractivity contribution >= 4 is 34.8 Å². The van der Waals surface area contributed by atoms with E-state index >= 15 is 0 Å². The molecule has 1 N–H and O–H groups in total. The van der Waals surface area contributed by atoms with E-state index in [1.165, 1.54) is 6.08 Å². The first-order chi connectivity index (χ1) is 12.2. The van der Waals surface area contributed by atoms with Gasteiger partial charge < -0.3 is 5.32 Å². The maximum Gasteiger partial charge on any atom is 0.249 e. The molecule has 25 heavy (non-hydrogen) atoms. The Morgan fingerprint density at radius 2 is 2.20 bits per heavy atom. The highest BCUT2D eigenvalue weighted by atomic mass is 32.1. The van der Waals surface area contributed by atoms with Gasteiger partial charge in [-0.25, -0.2) is 4.98 Å². The molecule has 0 bridgehead atoms. The highest BCUT2D eigenvalue weighted by molar-refractivity contribution is 7.13. The molecule has 4 rings (SSSR count). The molecule has 0 aliphatic heterocycles. The van der Waals surface area contributed by atoms with Gasteiger partial charge >= 0.3 is 0 Å². The summed E-state index contributed by atoms with van der Waals surface area (Å²) >= 11 is 1.59. The van der Waals surface area contributed by atoms with Crippen LogP contribution in [0.25, 0.3) is 22.3 Å². The molecule has 0 atom stereocenters. The van der Waals surface area contributed by atoms with Gasteiger partial charge in [0.25, 0.3) is 0 Å². The molecule has 0 unspecified atom stereocenters. The number of aryl methyl sites for hydroxylation is 1. The second kappa shape index (κ2) is 6.37. The summed E-state index contributed by atoms with van der Waals surface area (Å²) < 4.78 is 3.57. The summed E-state index contributed by atoms with van der Waals surface area (Å²) in [4.78, 5) is 18.1. The summed E-state index contributed by atoms with van der Waals surface area (Å²) in [5.41, 5.74) is 2.43. The van der Waals surface area contributed by atoms with E-state index in [0.29, 0.717) is 5.82 Å². The highest BCUT2D eigenvalue weighted by Gasteiger charge is 2.16. The average molecular weight is 349 g/mol. The van der Waals surface area contributed by atoms with E-state index < -0.39 is 0 Å². The van der Waals surface area contributed by atoms with Gasteiger partial charge in [0, 0.05) is 31.1 Å². The molecule has 0 fully saturated rings. The van der Waals surface area contributed by atoms with Gasteiger partial charge in [-0.2, -0.15) is 5.10 Å². The number of imidazole rings is 1. The Labute approximate surface area is 148 Å². The summed E-state index contributed by atoms with van der Waals surface area (Å²) in [6.45, 7) is 0. The van der Waals surface area contributed by atoms with Gasteiger partial charge in [0.2, 0.25) is 5.91 Å². The van der Waals surface area contributed by atoms with Gasteiger partial charge in [-0.15, -0.1) is 11.3 Å². The Kier molecular flexibility index (Phi) is 3.91. The number of nitrogens with zero attached hydrogens (tertiary/aromatic N) is 4. The molecule has 4 aromatic heterocycles. The summed E-state index contributed by atoms with van der Waals surface area (Å²) in [6.07, 6.45) is 8.66. The molecular weight excluding hydrogens is 334 g/mol. The quantitative estimate of drug-likeness (QED) is 0.574. The SMILES string of the molecule is Cn1cc(C=CC(=O)Nc2c(-c3cccs3)nc3ccccn23)cn1. The Hall–Kier alpha value is -3.19. The van der Waals surface area contributed by atoms with Gasteiger partial charge in [0.1, 0.15) is 17.2 Å². The Balaban J connectivity index is 1.67. The predicted octanol–water partition coefficient (Wildman–Crippen LogP) is 3.45. The van der Waals surface area contributed by atoms with Crippen molar-refractivity contribution in [3.63, 3.8) is 0 Å². The number of hydrogen-bond acceptors (Lipinski definition) is 4. The van der Waals surface area contributed by atoms with Crippen LogP contribution in [0.5, 0.6) is 0 Å². The molecule has 1 amide bonds. The molecule has 6 nitrogen and oxygen atoms in total. The van der Waals surface area contributed by atoms with Crippen LogP contribution < -0.4 is 5.32 Å². The minimum absolute atomic E-state index is 0.215. The first-order valence-corrected chi connectivity index (χ1v) is 8.57. The van der Waals surface area contributed by atoms with E-state index in [0.717, 1.165) is 21.8 Å². The lowest BCUT2D eigenvalue weighted by Gasteiger charge is -2.04. The van der Waals surface area contributed by atoms with Crippen LogP contribution in [-0.2, 0) is 11.8 Å². The highest BCUT2D eigenvalue weighted by Crippen LogP contribution is 2.31. The van der Waals surface area contributed by atoms with Crippen LogP contribution in [-0.4, -0.2) is 25.1 Å². The molecule has 4 heterocycles. The Morgan fingerprint density at radius 1 is 1.28 bits per heavy atom. The maximum atomic E-state index is 12.4. The molecule has 124 valence electrons. The van der Waals surface area contributed by atoms with Crippen molar-refractivity contribution in [3.8, 4) is 10.6 Å². The van der Waals surface area contributed by atoms with E-state index in [9.17, 15) is 4.79 Å². The average Bonchev–Trinajstić information content (AvgIpc) is 3.33. The lowest BCUT2D eigenvalue weighted by molar-refractivity contribution is -0.111. The molecule has 0 aliphatic rings. The summed E-state index contributed by atoms with van der Waals surface area (Å²) in [6, 6.07) is 9.71. The minimum atomic E-state index is -0.215. The maximum absolute atomic E-state index is 12.4. The third-order valence-electron chi connectivity index (χ3n) is 3.68. The monoisotopic (exact) mass is 349 g/mol. The minimum Gasteiger partial charge on any atom is -0.306 e. The number of carbonyl (C=O) groups is 1. The van der Waals surface area contributed by atoms with Crippen molar-refractivity contribution in [2.45, 2.75) is 0 Å². The second-order valence-corrected chi connectivity index (χ2v) is 6.43. The summed E-state index contributed by atoms with van der Waals surface area (Å²) in [5.74, 6) is 0.450. The van der Waals surface area contributed by atoms with E-state index in [1.54, 1.807) is 28.3 Å². The molecule has 0 spiro atoms. The number of carbonyl (C=O) groups excluding carboxylic acids is 1. The number of amides is 1. The van der Waals surface area contributed by atoms with Crippen LogP contribution in [0.3, 0.4) is 0 Å². The standard InChI is InChI=1S/C18H15N5OS/c1-22-12-13(11-19-22)7-8-16(24)21-18-17(14-5-4-10-25-14)20-15-6-2-3-9-23(15)18/h2-12H,1H3,(H,21,24). The predicted molar refractivity (Wildman–Crippen MR) is 99.4 cm³/mol. The molecule has 4 aromatic rings. The molecule has 0 radical (unpaired) electrons. The lowest BCUT2D eigenvalue weighted by atomic mass is 10.3. The van der Waals surface area contributed by atoms with Crippen LogP contribution >= 0.6 is 11.3 Å². The normalized spacial score (nSPS) is 11.4. The van der Waals surface area contributed by atoms with Gasteiger partial charge in [-0.3, -0.25) is 13.9 Å². The van der Waals surface area contributed by atoms with E-state index in [1.807, 2.05) is 59.6 Å². The number of rotatable bonds is 4. The van der Waals surface area contributed by atoms with Gasteiger partial charge in [0.05, 0.1) is 11.1 Å². The van der Waals surface area contributed by atoms with Gasteiger partial charge in [0.15, 0.2) is 0 Å². The number of fused-ring (bicyclic) bond motifs is 1. The van der Waals surface area contributed by atoms with Gasteiger partial charge in [-0.05, 0) is 29.7 Å². The molecule has 0 aliphatic carbocycles. The number of aromatic nitrogens is 4. The zero-order valence-corrected chi connectivity index (χ0v) is 14.3. The summed E-state index contributed by atoms with van der Waals surface area (Å²) in [7, 11) is 1.84. The molecular formula is C18H15N5OS. The fraction of sp³-hybridized carbons (Fsp3) is 0.0556. The molecule has 7 heteroatoms. The number of nitrogens with one attached hydrogen (secondary N) is 1. The molecule has 0 aromatic carbocycles. The van der Waals surface area contributed by atoms with Crippen LogP contribution in [0.1, 0.15) is 5.56 Å². The van der Waals surface area contributed by atoms with Crippen molar-refractivity contribution in [2.24, 2.45) is 7.05 Å². The van der Waals surface area contributed by atoms with E-state index in [4.69, 9.17) is 0 Å². The smallest absolute Gasteiger partial charge is 0.249 e.